The van der Waals surface area contributed by atoms with Gasteiger partial charge in [0.05, 0.1) is 11.6 Å². The Bertz CT molecular complexity index is 645. The molecule has 5 nitrogen and oxygen atoms in total. The van der Waals surface area contributed by atoms with Crippen molar-refractivity contribution in [2.75, 3.05) is 17.7 Å². The highest BCUT2D eigenvalue weighted by Crippen LogP contribution is 2.13. The van der Waals surface area contributed by atoms with Crippen molar-refractivity contribution >= 4 is 17.3 Å². The Labute approximate surface area is 116 Å². The summed E-state index contributed by atoms with van der Waals surface area (Å²) in [7, 11) is 0. The number of nitrogens with two attached hydrogens (primary N) is 1. The zero-order valence-corrected chi connectivity index (χ0v) is 10.7. The predicted octanol–water partition coefficient (Wildman–Crippen LogP) is 2.16. The molecule has 0 atom stereocenters. The quantitative estimate of drug-likeness (QED) is 0.831. The Morgan fingerprint density at radius 1 is 1.25 bits per heavy atom. The van der Waals surface area contributed by atoms with Gasteiger partial charge in [-0.05, 0) is 42.5 Å². The van der Waals surface area contributed by atoms with Crippen molar-refractivity contribution < 1.29 is 9.53 Å². The lowest BCUT2D eigenvalue weighted by Crippen LogP contribution is -2.20. The molecule has 2 aromatic carbocycles. The topological polar surface area (TPSA) is 88.1 Å². The van der Waals surface area contributed by atoms with E-state index >= 15 is 0 Å². The Balaban J connectivity index is 1.89. The fourth-order valence-corrected chi connectivity index (χ4v) is 1.58. The number of hydrogen-bond acceptors (Lipinski definition) is 4. The van der Waals surface area contributed by atoms with Gasteiger partial charge in [-0.3, -0.25) is 4.79 Å². The van der Waals surface area contributed by atoms with E-state index < -0.39 is 0 Å². The molecule has 3 N–H and O–H groups in total. The van der Waals surface area contributed by atoms with E-state index in [4.69, 9.17) is 15.7 Å². The molecule has 0 fully saturated rings. The van der Waals surface area contributed by atoms with Crippen LogP contribution in [0, 0.1) is 11.3 Å². The molecule has 0 saturated heterocycles. The second-order valence-corrected chi connectivity index (χ2v) is 4.10. The van der Waals surface area contributed by atoms with Gasteiger partial charge in [0.15, 0.2) is 6.61 Å². The minimum absolute atomic E-state index is 0.110. The highest BCUT2D eigenvalue weighted by atomic mass is 16.5. The fraction of sp³-hybridized carbons (Fsp3) is 0.0667. The highest BCUT2D eigenvalue weighted by Gasteiger charge is 2.04. The predicted molar refractivity (Wildman–Crippen MR) is 76.1 cm³/mol. The van der Waals surface area contributed by atoms with Gasteiger partial charge in [-0.25, -0.2) is 0 Å². The number of hydrogen-bond donors (Lipinski definition) is 2. The summed E-state index contributed by atoms with van der Waals surface area (Å²) >= 11 is 0. The van der Waals surface area contributed by atoms with Crippen molar-refractivity contribution in [3.05, 3.63) is 54.1 Å². The molecule has 0 aliphatic carbocycles. The van der Waals surface area contributed by atoms with E-state index in [1.54, 1.807) is 48.5 Å². The Kier molecular flexibility index (Phi) is 4.20. The first kappa shape index (κ1) is 13.4. The Hall–Kier alpha value is -3.00. The molecule has 20 heavy (non-hydrogen) atoms. The third kappa shape index (κ3) is 3.75. The summed E-state index contributed by atoms with van der Waals surface area (Å²) in [6.07, 6.45) is 0. The molecule has 0 unspecified atom stereocenters. The number of ether oxygens (including phenoxy) is 1. The van der Waals surface area contributed by atoms with Crippen LogP contribution in [-0.2, 0) is 4.79 Å². The summed E-state index contributed by atoms with van der Waals surface area (Å²) in [5.41, 5.74) is 7.24. The van der Waals surface area contributed by atoms with E-state index in [9.17, 15) is 4.79 Å². The van der Waals surface area contributed by atoms with Crippen molar-refractivity contribution in [1.29, 1.82) is 5.26 Å². The lowest BCUT2D eigenvalue weighted by molar-refractivity contribution is -0.118. The lowest BCUT2D eigenvalue weighted by Gasteiger charge is -2.07. The maximum absolute atomic E-state index is 11.7. The summed E-state index contributed by atoms with van der Waals surface area (Å²) < 4.78 is 5.32. The number of anilines is 2. The van der Waals surface area contributed by atoms with Crippen LogP contribution in [0.1, 0.15) is 5.56 Å². The number of amides is 1. The van der Waals surface area contributed by atoms with Gasteiger partial charge in [-0.2, -0.15) is 5.26 Å². The summed E-state index contributed by atoms with van der Waals surface area (Å²) in [5.74, 6) is 0.275. The molecule has 0 bridgehead atoms. The third-order valence-electron chi connectivity index (χ3n) is 2.53. The average molecular weight is 267 g/mol. The molecule has 0 spiro atoms. The van der Waals surface area contributed by atoms with E-state index in [1.807, 2.05) is 6.07 Å². The van der Waals surface area contributed by atoms with Gasteiger partial charge >= 0.3 is 0 Å². The van der Waals surface area contributed by atoms with Crippen LogP contribution in [-0.4, -0.2) is 12.5 Å². The van der Waals surface area contributed by atoms with E-state index in [2.05, 4.69) is 5.32 Å². The number of nitrogen functional groups attached to an aromatic ring is 1. The summed E-state index contributed by atoms with van der Waals surface area (Å²) in [6.45, 7) is -0.110. The van der Waals surface area contributed by atoms with Crippen LogP contribution in [0.25, 0.3) is 0 Å². The zero-order chi connectivity index (χ0) is 14.4. The van der Waals surface area contributed by atoms with E-state index in [1.165, 1.54) is 0 Å². The number of rotatable bonds is 4. The monoisotopic (exact) mass is 267 g/mol. The molecule has 0 aromatic heterocycles. The van der Waals surface area contributed by atoms with Crippen LogP contribution in [0.15, 0.2) is 48.5 Å². The van der Waals surface area contributed by atoms with Crippen molar-refractivity contribution in [3.63, 3.8) is 0 Å². The molecule has 0 aliphatic rings. The van der Waals surface area contributed by atoms with Crippen LogP contribution >= 0.6 is 0 Å². The van der Waals surface area contributed by atoms with Crippen LogP contribution in [0.5, 0.6) is 5.75 Å². The number of carbonyl (C=O) groups is 1. The molecule has 2 rings (SSSR count). The smallest absolute Gasteiger partial charge is 0.262 e. The molecule has 0 saturated carbocycles. The van der Waals surface area contributed by atoms with Crippen molar-refractivity contribution in [2.24, 2.45) is 0 Å². The lowest BCUT2D eigenvalue weighted by atomic mass is 10.2. The van der Waals surface area contributed by atoms with Gasteiger partial charge in [-0.1, -0.05) is 6.07 Å². The Morgan fingerprint density at radius 3 is 2.70 bits per heavy atom. The second-order valence-electron chi connectivity index (χ2n) is 4.10. The van der Waals surface area contributed by atoms with Gasteiger partial charge in [0.2, 0.25) is 0 Å². The average Bonchev–Trinajstić information content (AvgIpc) is 2.47. The third-order valence-corrected chi connectivity index (χ3v) is 2.53. The van der Waals surface area contributed by atoms with Crippen molar-refractivity contribution in [3.8, 4) is 11.8 Å². The summed E-state index contributed by atoms with van der Waals surface area (Å²) in [6, 6.07) is 15.5. The van der Waals surface area contributed by atoms with Crippen LogP contribution < -0.4 is 15.8 Å². The summed E-state index contributed by atoms with van der Waals surface area (Å²) in [4.78, 5) is 11.7. The number of benzene rings is 2. The van der Waals surface area contributed by atoms with Gasteiger partial charge in [-0.15, -0.1) is 0 Å². The standard InChI is InChI=1S/C15H13N3O2/c16-9-11-2-1-3-13(8-11)18-15(19)10-20-14-6-4-12(17)5-7-14/h1-8H,10,17H2,(H,18,19). The van der Waals surface area contributed by atoms with E-state index in [-0.39, 0.29) is 12.5 Å². The number of carbonyl (C=O) groups excluding carboxylic acids is 1. The first-order valence-electron chi connectivity index (χ1n) is 5.96. The highest BCUT2D eigenvalue weighted by molar-refractivity contribution is 5.92. The summed E-state index contributed by atoms with van der Waals surface area (Å²) in [5, 5.41) is 11.4. The number of nitrogens with one attached hydrogen (secondary N) is 1. The fourth-order valence-electron chi connectivity index (χ4n) is 1.58. The van der Waals surface area contributed by atoms with Gasteiger partial charge in [0, 0.05) is 11.4 Å². The van der Waals surface area contributed by atoms with Crippen LogP contribution in [0.4, 0.5) is 11.4 Å². The Morgan fingerprint density at radius 2 is 2.00 bits per heavy atom. The molecule has 100 valence electrons. The molecule has 0 aliphatic heterocycles. The first-order chi connectivity index (χ1) is 9.67. The van der Waals surface area contributed by atoms with Gasteiger partial charge in [0.1, 0.15) is 5.75 Å². The SMILES string of the molecule is N#Cc1cccc(NC(=O)COc2ccc(N)cc2)c1. The minimum atomic E-state index is -0.295. The molecule has 2 aromatic rings. The second kappa shape index (κ2) is 6.25. The maximum atomic E-state index is 11.7. The minimum Gasteiger partial charge on any atom is -0.484 e. The molecule has 5 heteroatoms. The normalized spacial score (nSPS) is 9.55. The molecule has 0 radical (unpaired) electrons. The number of nitriles is 1. The van der Waals surface area contributed by atoms with E-state index in [0.29, 0.717) is 22.7 Å². The zero-order valence-electron chi connectivity index (χ0n) is 10.7. The van der Waals surface area contributed by atoms with Gasteiger partial charge in [0.25, 0.3) is 5.91 Å². The largest absolute Gasteiger partial charge is 0.484 e. The van der Waals surface area contributed by atoms with Crippen LogP contribution in [0.2, 0.25) is 0 Å². The van der Waals surface area contributed by atoms with Crippen molar-refractivity contribution in [2.45, 2.75) is 0 Å². The molecular weight excluding hydrogens is 254 g/mol. The molecule has 0 heterocycles. The van der Waals surface area contributed by atoms with Crippen LogP contribution in [0.3, 0.4) is 0 Å². The maximum Gasteiger partial charge on any atom is 0.262 e. The number of nitrogens with zero attached hydrogens (tertiary/aromatic N) is 1. The molecular formula is C15H13N3O2. The molecule has 1 amide bonds. The van der Waals surface area contributed by atoms with Crippen molar-refractivity contribution in [1.82, 2.24) is 0 Å². The first-order valence-corrected chi connectivity index (χ1v) is 5.96. The van der Waals surface area contributed by atoms with Gasteiger partial charge < -0.3 is 15.8 Å². The van der Waals surface area contributed by atoms with E-state index in [0.717, 1.165) is 0 Å².